The topological polar surface area (TPSA) is 49.5 Å². The number of likely N-dealkylation sites (tertiary alicyclic amines) is 1. The summed E-state index contributed by atoms with van der Waals surface area (Å²) in [7, 11) is 2.21. The van der Waals surface area contributed by atoms with Gasteiger partial charge in [-0.2, -0.15) is 0 Å². The van der Waals surface area contributed by atoms with Crippen LogP contribution in [0.1, 0.15) is 44.9 Å². The summed E-state index contributed by atoms with van der Waals surface area (Å²) in [5.74, 6) is 0. The van der Waals surface area contributed by atoms with E-state index in [4.69, 9.17) is 5.73 Å². The summed E-state index contributed by atoms with van der Waals surface area (Å²) in [5.41, 5.74) is 6.43. The van der Waals surface area contributed by atoms with Crippen molar-refractivity contribution >= 4 is 0 Å². The minimum atomic E-state index is -0.0945. The third kappa shape index (κ3) is 2.71. The van der Waals surface area contributed by atoms with Gasteiger partial charge in [-0.1, -0.05) is 0 Å². The molecule has 0 bridgehead atoms. The molecule has 0 radical (unpaired) electrons. The zero-order valence-corrected chi connectivity index (χ0v) is 9.78. The maximum absolute atomic E-state index is 9.49. The van der Waals surface area contributed by atoms with Crippen molar-refractivity contribution in [1.29, 1.82) is 0 Å². The van der Waals surface area contributed by atoms with Crippen molar-refractivity contribution in [2.45, 2.75) is 62.6 Å². The first-order chi connectivity index (χ1) is 7.09. The van der Waals surface area contributed by atoms with Gasteiger partial charge in [-0.15, -0.1) is 0 Å². The van der Waals surface area contributed by atoms with E-state index >= 15 is 0 Å². The van der Waals surface area contributed by atoms with Gasteiger partial charge in [0.25, 0.3) is 0 Å². The summed E-state index contributed by atoms with van der Waals surface area (Å²) in [6.07, 6.45) is 7.44. The van der Waals surface area contributed by atoms with Crippen LogP contribution in [0.5, 0.6) is 0 Å². The van der Waals surface area contributed by atoms with Gasteiger partial charge in [-0.05, 0) is 58.5 Å². The number of hydrogen-bond acceptors (Lipinski definition) is 3. The summed E-state index contributed by atoms with van der Waals surface area (Å²) in [6.45, 7) is 1.23. The van der Waals surface area contributed by atoms with Crippen LogP contribution in [-0.2, 0) is 0 Å². The molecule has 3 heteroatoms. The zero-order chi connectivity index (χ0) is 10.9. The molecule has 3 nitrogen and oxygen atoms in total. The minimum absolute atomic E-state index is 0.00248. The Bertz CT molecular complexity index is 212. The van der Waals surface area contributed by atoms with Gasteiger partial charge in [-0.3, -0.25) is 0 Å². The molecule has 0 aromatic heterocycles. The third-order valence-corrected chi connectivity index (χ3v) is 4.26. The van der Waals surface area contributed by atoms with E-state index in [0.29, 0.717) is 6.04 Å². The first-order valence-electron chi connectivity index (χ1n) is 6.26. The van der Waals surface area contributed by atoms with Crippen molar-refractivity contribution in [2.75, 3.05) is 13.6 Å². The van der Waals surface area contributed by atoms with Crippen molar-refractivity contribution in [1.82, 2.24) is 4.90 Å². The van der Waals surface area contributed by atoms with Gasteiger partial charge in [0.05, 0.1) is 6.10 Å². The number of aliphatic hydroxyl groups excluding tert-OH is 1. The largest absolute Gasteiger partial charge is 0.393 e. The quantitative estimate of drug-likeness (QED) is 0.721. The Morgan fingerprint density at radius 3 is 2.53 bits per heavy atom. The van der Waals surface area contributed by atoms with Gasteiger partial charge in [0.1, 0.15) is 0 Å². The van der Waals surface area contributed by atoms with Crippen LogP contribution in [0.2, 0.25) is 0 Å². The van der Waals surface area contributed by atoms with Crippen LogP contribution in [0, 0.1) is 0 Å². The van der Waals surface area contributed by atoms with Crippen molar-refractivity contribution in [3.63, 3.8) is 0 Å². The molecule has 1 heterocycles. The molecule has 3 N–H and O–H groups in total. The van der Waals surface area contributed by atoms with Crippen molar-refractivity contribution in [2.24, 2.45) is 5.73 Å². The Morgan fingerprint density at radius 1 is 1.33 bits per heavy atom. The SMILES string of the molecule is CN1CCCC1CC1(N)CCC(O)CC1. The summed E-state index contributed by atoms with van der Waals surface area (Å²) >= 11 is 0. The lowest BCUT2D eigenvalue weighted by atomic mass is 9.77. The Balaban J connectivity index is 1.87. The highest BCUT2D eigenvalue weighted by molar-refractivity contribution is 4.94. The Kier molecular flexibility index (Phi) is 3.33. The molecule has 2 fully saturated rings. The number of hydrogen-bond donors (Lipinski definition) is 2. The van der Waals surface area contributed by atoms with E-state index in [1.807, 2.05) is 0 Å². The van der Waals surface area contributed by atoms with Crippen LogP contribution >= 0.6 is 0 Å². The Labute approximate surface area is 92.6 Å². The fourth-order valence-corrected chi connectivity index (χ4v) is 3.09. The second-order valence-corrected chi connectivity index (χ2v) is 5.57. The highest BCUT2D eigenvalue weighted by atomic mass is 16.3. The van der Waals surface area contributed by atoms with E-state index in [9.17, 15) is 5.11 Å². The fraction of sp³-hybridized carbons (Fsp3) is 1.00. The van der Waals surface area contributed by atoms with E-state index in [1.54, 1.807) is 0 Å². The van der Waals surface area contributed by atoms with Gasteiger partial charge >= 0.3 is 0 Å². The van der Waals surface area contributed by atoms with E-state index in [0.717, 1.165) is 32.1 Å². The molecule has 1 unspecified atom stereocenters. The molecule has 0 amide bonds. The fourth-order valence-electron chi connectivity index (χ4n) is 3.09. The monoisotopic (exact) mass is 212 g/mol. The lowest BCUT2D eigenvalue weighted by Crippen LogP contribution is -2.48. The maximum atomic E-state index is 9.49. The molecule has 0 aromatic rings. The van der Waals surface area contributed by atoms with Gasteiger partial charge in [0.15, 0.2) is 0 Å². The molecule has 1 saturated carbocycles. The Morgan fingerprint density at radius 2 is 2.00 bits per heavy atom. The summed E-state index contributed by atoms with van der Waals surface area (Å²) in [4.78, 5) is 2.44. The normalized spacial score (nSPS) is 43.4. The van der Waals surface area contributed by atoms with Crippen molar-refractivity contribution in [3.8, 4) is 0 Å². The second kappa shape index (κ2) is 4.40. The van der Waals surface area contributed by atoms with Crippen LogP contribution in [0.25, 0.3) is 0 Å². The predicted octanol–water partition coefficient (Wildman–Crippen LogP) is 1.10. The van der Waals surface area contributed by atoms with Crippen LogP contribution < -0.4 is 5.73 Å². The molecular formula is C12H24N2O. The van der Waals surface area contributed by atoms with E-state index < -0.39 is 0 Å². The summed E-state index contributed by atoms with van der Waals surface area (Å²) in [6, 6.07) is 0.685. The predicted molar refractivity (Wildman–Crippen MR) is 61.7 cm³/mol. The number of rotatable bonds is 2. The third-order valence-electron chi connectivity index (χ3n) is 4.26. The lowest BCUT2D eigenvalue weighted by molar-refractivity contribution is 0.0850. The Hall–Kier alpha value is -0.120. The molecule has 1 aliphatic carbocycles. The van der Waals surface area contributed by atoms with E-state index in [2.05, 4.69) is 11.9 Å². The molecular weight excluding hydrogens is 188 g/mol. The second-order valence-electron chi connectivity index (χ2n) is 5.57. The number of nitrogens with two attached hydrogens (primary N) is 1. The minimum Gasteiger partial charge on any atom is -0.393 e. The highest BCUT2D eigenvalue weighted by Crippen LogP contribution is 2.33. The average Bonchev–Trinajstić information content (AvgIpc) is 2.58. The van der Waals surface area contributed by atoms with Crippen molar-refractivity contribution < 1.29 is 5.11 Å². The van der Waals surface area contributed by atoms with Crippen LogP contribution in [0.4, 0.5) is 0 Å². The standard InChI is InChI=1S/C12H24N2O/c1-14-8-2-3-10(14)9-12(13)6-4-11(15)5-7-12/h10-11,15H,2-9,13H2,1H3. The molecule has 1 atom stereocenters. The lowest BCUT2D eigenvalue weighted by Gasteiger charge is -2.38. The van der Waals surface area contributed by atoms with Crippen molar-refractivity contribution in [3.05, 3.63) is 0 Å². The molecule has 0 spiro atoms. The number of aliphatic hydroxyl groups is 1. The first-order valence-corrected chi connectivity index (χ1v) is 6.26. The summed E-state index contributed by atoms with van der Waals surface area (Å²) in [5, 5.41) is 9.49. The molecule has 15 heavy (non-hydrogen) atoms. The number of nitrogens with zero attached hydrogens (tertiary/aromatic N) is 1. The van der Waals surface area contributed by atoms with Gasteiger partial charge in [0.2, 0.25) is 0 Å². The van der Waals surface area contributed by atoms with E-state index in [-0.39, 0.29) is 11.6 Å². The van der Waals surface area contributed by atoms with Crippen LogP contribution in [0.15, 0.2) is 0 Å². The van der Waals surface area contributed by atoms with Gasteiger partial charge < -0.3 is 15.7 Å². The van der Waals surface area contributed by atoms with Gasteiger partial charge in [0, 0.05) is 11.6 Å². The van der Waals surface area contributed by atoms with Crippen LogP contribution in [-0.4, -0.2) is 41.3 Å². The molecule has 2 aliphatic rings. The summed E-state index contributed by atoms with van der Waals surface area (Å²) < 4.78 is 0. The smallest absolute Gasteiger partial charge is 0.0541 e. The van der Waals surface area contributed by atoms with E-state index in [1.165, 1.54) is 19.4 Å². The average molecular weight is 212 g/mol. The molecule has 1 aliphatic heterocycles. The molecule has 1 saturated heterocycles. The maximum Gasteiger partial charge on any atom is 0.0541 e. The molecule has 0 aromatic carbocycles. The first kappa shape index (κ1) is 11.4. The van der Waals surface area contributed by atoms with Gasteiger partial charge in [-0.25, -0.2) is 0 Å². The highest BCUT2D eigenvalue weighted by Gasteiger charge is 2.35. The zero-order valence-electron chi connectivity index (χ0n) is 9.78. The van der Waals surface area contributed by atoms with Crippen LogP contribution in [0.3, 0.4) is 0 Å². The molecule has 88 valence electrons. The molecule has 2 rings (SSSR count).